The minimum atomic E-state index is -4.20. The van der Waals surface area contributed by atoms with Gasteiger partial charge in [0.1, 0.15) is 12.6 Å². The van der Waals surface area contributed by atoms with Gasteiger partial charge in [0.2, 0.25) is 11.8 Å². The summed E-state index contributed by atoms with van der Waals surface area (Å²) in [6.45, 7) is 7.08. The molecule has 0 spiro atoms. The van der Waals surface area contributed by atoms with E-state index in [0.717, 1.165) is 15.4 Å². The third-order valence-corrected chi connectivity index (χ3v) is 10.0. The first kappa shape index (κ1) is 35.0. The second-order valence-corrected chi connectivity index (χ2v) is 14.3. The lowest BCUT2D eigenvalue weighted by molar-refractivity contribution is -0.140. The number of nitrogens with one attached hydrogen (secondary N) is 1. The molecule has 0 heterocycles. The minimum Gasteiger partial charge on any atom is -0.352 e. The van der Waals surface area contributed by atoms with E-state index >= 15 is 0 Å². The number of hydrogen-bond donors (Lipinski definition) is 1. The Morgan fingerprint density at radius 2 is 1.33 bits per heavy atom. The van der Waals surface area contributed by atoms with Crippen LogP contribution < -0.4 is 9.62 Å². The maximum Gasteiger partial charge on any atom is 0.264 e. The summed E-state index contributed by atoms with van der Waals surface area (Å²) in [5.74, 6) is -0.749. The number of benzene rings is 4. The van der Waals surface area contributed by atoms with E-state index in [-0.39, 0.29) is 35.7 Å². The monoisotopic (exact) mass is 679 g/mol. The number of hydrogen-bond acceptors (Lipinski definition) is 4. The molecule has 10 heteroatoms. The molecule has 0 aliphatic rings. The average molecular weight is 681 g/mol. The Hall–Kier alpha value is -3.85. The van der Waals surface area contributed by atoms with E-state index in [9.17, 15) is 18.0 Å². The quantitative estimate of drug-likeness (QED) is 0.159. The molecule has 0 saturated heterocycles. The summed E-state index contributed by atoms with van der Waals surface area (Å²) < 4.78 is 29.4. The van der Waals surface area contributed by atoms with Gasteiger partial charge >= 0.3 is 0 Å². The molecule has 1 atom stereocenters. The molecule has 0 radical (unpaired) electrons. The Morgan fingerprint density at radius 3 is 1.87 bits per heavy atom. The smallest absolute Gasteiger partial charge is 0.264 e. The maximum atomic E-state index is 14.6. The van der Waals surface area contributed by atoms with Crippen LogP contribution in [0.4, 0.5) is 5.69 Å². The highest BCUT2D eigenvalue weighted by Gasteiger charge is 2.35. The summed E-state index contributed by atoms with van der Waals surface area (Å²) in [4.78, 5) is 29.8. The van der Waals surface area contributed by atoms with E-state index in [1.54, 1.807) is 48.5 Å². The molecule has 1 N–H and O–H groups in total. The third kappa shape index (κ3) is 8.69. The Labute approximate surface area is 282 Å². The van der Waals surface area contributed by atoms with Gasteiger partial charge in [-0.1, -0.05) is 104 Å². The molecule has 0 aliphatic carbocycles. The number of rotatable bonds is 13. The number of halogens is 2. The van der Waals surface area contributed by atoms with Crippen molar-refractivity contribution in [1.82, 2.24) is 10.2 Å². The van der Waals surface area contributed by atoms with Crippen molar-refractivity contribution >= 4 is 50.7 Å². The SMILES string of the molecule is CC(C)NC(=O)C(Cc1ccccc1)N(Cc1c(Cl)cccc1Cl)C(=O)CN(c1ccc(C(C)C)cc1)S(=O)(=O)c1ccccc1. The lowest BCUT2D eigenvalue weighted by Crippen LogP contribution is -2.54. The van der Waals surface area contributed by atoms with E-state index in [0.29, 0.717) is 21.3 Å². The number of nitrogens with zero attached hydrogens (tertiary/aromatic N) is 2. The van der Waals surface area contributed by atoms with Crippen LogP contribution in [0.5, 0.6) is 0 Å². The number of carbonyl (C=O) groups excluding carboxylic acids is 2. The van der Waals surface area contributed by atoms with Crippen molar-refractivity contribution in [2.45, 2.75) is 63.6 Å². The molecule has 0 aliphatic heterocycles. The molecular formula is C36H39Cl2N3O4S. The molecule has 46 heavy (non-hydrogen) atoms. The molecule has 4 aromatic rings. The van der Waals surface area contributed by atoms with Crippen LogP contribution in [0.2, 0.25) is 10.0 Å². The molecule has 242 valence electrons. The summed E-state index contributed by atoms with van der Waals surface area (Å²) in [6, 6.07) is 28.2. The first-order chi connectivity index (χ1) is 21.9. The fourth-order valence-electron chi connectivity index (χ4n) is 5.06. The van der Waals surface area contributed by atoms with Crippen LogP contribution in [0.3, 0.4) is 0 Å². The fourth-order valence-corrected chi connectivity index (χ4v) is 7.01. The van der Waals surface area contributed by atoms with Crippen molar-refractivity contribution in [2.24, 2.45) is 0 Å². The molecule has 0 fully saturated rings. The molecule has 4 aromatic carbocycles. The van der Waals surface area contributed by atoms with Crippen LogP contribution in [0.1, 0.15) is 50.3 Å². The van der Waals surface area contributed by atoms with Gasteiger partial charge in [-0.15, -0.1) is 0 Å². The standard InChI is InChI=1S/C36H39Cl2N3O4S/c1-25(2)28-18-20-29(21-19-28)41(46(44,45)30-14-9-6-10-15-30)24-35(42)40(23-31-32(37)16-11-17-33(31)38)34(36(43)39-26(3)4)22-27-12-7-5-8-13-27/h5-21,25-26,34H,22-24H2,1-4H3,(H,39,43). The predicted octanol–water partition coefficient (Wildman–Crippen LogP) is 7.48. The van der Waals surface area contributed by atoms with Crippen molar-refractivity contribution in [3.63, 3.8) is 0 Å². The largest absolute Gasteiger partial charge is 0.352 e. The second kappa shape index (κ2) is 15.6. The molecule has 4 rings (SSSR count). The maximum absolute atomic E-state index is 14.6. The van der Waals surface area contributed by atoms with Gasteiger partial charge in [0.15, 0.2) is 0 Å². The highest BCUT2D eigenvalue weighted by Crippen LogP contribution is 2.29. The van der Waals surface area contributed by atoms with E-state index < -0.39 is 28.5 Å². The summed E-state index contributed by atoms with van der Waals surface area (Å²) >= 11 is 13.1. The van der Waals surface area contributed by atoms with Gasteiger partial charge in [-0.05, 0) is 67.3 Å². The second-order valence-electron chi connectivity index (χ2n) is 11.7. The topological polar surface area (TPSA) is 86.8 Å². The minimum absolute atomic E-state index is 0.0369. The van der Waals surface area contributed by atoms with Crippen molar-refractivity contribution in [2.75, 3.05) is 10.8 Å². The van der Waals surface area contributed by atoms with Crippen LogP contribution in [-0.4, -0.2) is 43.8 Å². The zero-order valence-corrected chi connectivity index (χ0v) is 28.7. The Balaban J connectivity index is 1.84. The van der Waals surface area contributed by atoms with Crippen molar-refractivity contribution in [3.8, 4) is 0 Å². The van der Waals surface area contributed by atoms with Crippen molar-refractivity contribution < 1.29 is 18.0 Å². The number of anilines is 1. The van der Waals surface area contributed by atoms with Crippen LogP contribution in [0.25, 0.3) is 0 Å². The van der Waals surface area contributed by atoms with E-state index in [2.05, 4.69) is 5.32 Å². The summed E-state index contributed by atoms with van der Waals surface area (Å²) in [7, 11) is -4.20. The average Bonchev–Trinajstić information content (AvgIpc) is 3.03. The molecule has 7 nitrogen and oxygen atoms in total. The number of carbonyl (C=O) groups is 2. The van der Waals surface area contributed by atoms with E-state index in [4.69, 9.17) is 23.2 Å². The van der Waals surface area contributed by atoms with Gasteiger partial charge in [0, 0.05) is 34.6 Å². The summed E-state index contributed by atoms with van der Waals surface area (Å²) in [6.07, 6.45) is 0.182. The Bertz CT molecular complexity index is 1710. The van der Waals surface area contributed by atoms with Gasteiger partial charge in [0.05, 0.1) is 10.6 Å². The zero-order chi connectivity index (χ0) is 33.4. The molecule has 0 saturated carbocycles. The molecule has 0 bridgehead atoms. The van der Waals surface area contributed by atoms with Crippen LogP contribution in [-0.2, 0) is 32.6 Å². The molecule has 1 unspecified atom stereocenters. The van der Waals surface area contributed by atoms with Crippen LogP contribution >= 0.6 is 23.2 Å². The van der Waals surface area contributed by atoms with Gasteiger partial charge in [-0.3, -0.25) is 13.9 Å². The highest BCUT2D eigenvalue weighted by molar-refractivity contribution is 7.92. The normalized spacial score (nSPS) is 12.2. The Morgan fingerprint density at radius 1 is 0.761 bits per heavy atom. The lowest BCUT2D eigenvalue weighted by Gasteiger charge is -2.34. The fraction of sp³-hybridized carbons (Fsp3) is 0.278. The van der Waals surface area contributed by atoms with E-state index in [1.165, 1.54) is 17.0 Å². The number of sulfonamides is 1. The van der Waals surface area contributed by atoms with Crippen molar-refractivity contribution in [3.05, 3.63) is 130 Å². The summed E-state index contributed by atoms with van der Waals surface area (Å²) in [5, 5.41) is 3.59. The molecular weight excluding hydrogens is 641 g/mol. The van der Waals surface area contributed by atoms with Crippen LogP contribution in [0.15, 0.2) is 108 Å². The first-order valence-electron chi connectivity index (χ1n) is 15.1. The van der Waals surface area contributed by atoms with E-state index in [1.807, 2.05) is 70.2 Å². The summed E-state index contributed by atoms with van der Waals surface area (Å²) in [5.41, 5.74) is 2.62. The zero-order valence-electron chi connectivity index (χ0n) is 26.4. The first-order valence-corrected chi connectivity index (χ1v) is 17.3. The molecule has 2 amide bonds. The predicted molar refractivity (Wildman–Crippen MR) is 186 cm³/mol. The highest BCUT2D eigenvalue weighted by atomic mass is 35.5. The van der Waals surface area contributed by atoms with Gasteiger partial charge in [-0.2, -0.15) is 0 Å². The molecule has 0 aromatic heterocycles. The van der Waals surface area contributed by atoms with Gasteiger partial charge < -0.3 is 10.2 Å². The third-order valence-electron chi connectivity index (χ3n) is 7.55. The Kier molecular flexibility index (Phi) is 11.9. The van der Waals surface area contributed by atoms with Crippen LogP contribution in [0, 0.1) is 0 Å². The van der Waals surface area contributed by atoms with Gasteiger partial charge in [0.25, 0.3) is 10.0 Å². The van der Waals surface area contributed by atoms with Crippen molar-refractivity contribution in [1.29, 1.82) is 0 Å². The number of amides is 2. The lowest BCUT2D eigenvalue weighted by atomic mass is 10.0. The van der Waals surface area contributed by atoms with Gasteiger partial charge in [-0.25, -0.2) is 8.42 Å².